The van der Waals surface area contributed by atoms with Gasteiger partial charge in [0, 0.05) is 6.54 Å². The van der Waals surface area contributed by atoms with Crippen LogP contribution >= 0.6 is 0 Å². The Bertz CT molecular complexity index is 581. The number of benzene rings is 1. The van der Waals surface area contributed by atoms with Crippen LogP contribution in [0.5, 0.6) is 0 Å². The molecule has 0 saturated carbocycles. The molecule has 2 rings (SSSR count). The predicted octanol–water partition coefficient (Wildman–Crippen LogP) is 0.735. The van der Waals surface area contributed by atoms with E-state index in [0.29, 0.717) is 18.9 Å². The van der Waals surface area contributed by atoms with E-state index in [-0.39, 0.29) is 6.54 Å². The van der Waals surface area contributed by atoms with Crippen LogP contribution in [0, 0.1) is 0 Å². The van der Waals surface area contributed by atoms with Crippen LogP contribution in [0.2, 0.25) is 0 Å². The molecule has 1 aromatic heterocycles. The first-order chi connectivity index (χ1) is 9.70. The van der Waals surface area contributed by atoms with Crippen LogP contribution in [-0.2, 0) is 11.3 Å². The zero-order chi connectivity index (χ0) is 14.4. The highest BCUT2D eigenvalue weighted by atomic mass is 16.4. The smallest absolute Gasteiger partial charge is 0.317 e. The van der Waals surface area contributed by atoms with E-state index in [1.165, 1.54) is 0 Å². The number of aliphatic carboxylic acids is 1. The van der Waals surface area contributed by atoms with Crippen LogP contribution in [0.15, 0.2) is 43.0 Å². The molecule has 0 unspecified atom stereocenters. The van der Waals surface area contributed by atoms with E-state index in [2.05, 4.69) is 22.1 Å². The summed E-state index contributed by atoms with van der Waals surface area (Å²) in [5.74, 6) is -0.315. The molecule has 0 aliphatic carbocycles. The number of aromatic nitrogens is 4. The minimum absolute atomic E-state index is 0.0896. The molecule has 104 valence electrons. The molecule has 0 amide bonds. The lowest BCUT2D eigenvalue weighted by molar-refractivity contribution is -0.138. The normalized spacial score (nSPS) is 10.7. The number of hydrogen-bond donors (Lipinski definition) is 1. The molecule has 0 spiro atoms. The maximum Gasteiger partial charge on any atom is 0.317 e. The molecule has 7 heteroatoms. The molecule has 0 aliphatic rings. The number of carboxylic acids is 1. The van der Waals surface area contributed by atoms with Crippen LogP contribution in [0.1, 0.15) is 5.82 Å². The molecule has 1 heterocycles. The third-order valence-corrected chi connectivity index (χ3v) is 2.65. The molecule has 20 heavy (non-hydrogen) atoms. The fourth-order valence-corrected chi connectivity index (χ4v) is 1.83. The van der Waals surface area contributed by atoms with Gasteiger partial charge in [0.1, 0.15) is 0 Å². The van der Waals surface area contributed by atoms with Crippen molar-refractivity contribution in [2.75, 3.05) is 13.1 Å². The second-order valence-electron chi connectivity index (χ2n) is 4.19. The Balaban J connectivity index is 2.19. The molecule has 0 bridgehead atoms. The second kappa shape index (κ2) is 6.58. The number of para-hydroxylation sites is 1. The number of carboxylic acid groups (broad SMARTS) is 1. The van der Waals surface area contributed by atoms with Crippen molar-refractivity contribution in [1.29, 1.82) is 0 Å². The second-order valence-corrected chi connectivity index (χ2v) is 4.19. The Labute approximate surface area is 116 Å². The van der Waals surface area contributed by atoms with Crippen molar-refractivity contribution in [2.45, 2.75) is 6.54 Å². The molecule has 1 aromatic carbocycles. The highest BCUT2D eigenvalue weighted by Crippen LogP contribution is 2.09. The first-order valence-electron chi connectivity index (χ1n) is 6.08. The molecular formula is C13H15N5O2. The fraction of sp³-hybridized carbons (Fsp3) is 0.231. The van der Waals surface area contributed by atoms with Crippen molar-refractivity contribution in [3.63, 3.8) is 0 Å². The minimum atomic E-state index is -0.898. The summed E-state index contributed by atoms with van der Waals surface area (Å²) in [5.41, 5.74) is 0.835. The van der Waals surface area contributed by atoms with Gasteiger partial charge < -0.3 is 5.11 Å². The highest BCUT2D eigenvalue weighted by Gasteiger charge is 2.14. The summed E-state index contributed by atoms with van der Waals surface area (Å²) in [6.07, 6.45) is 1.65. The maximum absolute atomic E-state index is 10.8. The summed E-state index contributed by atoms with van der Waals surface area (Å²) in [5, 5.41) is 20.4. The van der Waals surface area contributed by atoms with Gasteiger partial charge in [-0.15, -0.1) is 11.7 Å². The van der Waals surface area contributed by atoms with Crippen LogP contribution in [0.25, 0.3) is 5.69 Å². The SMILES string of the molecule is C=CCN(CC(=O)O)Cc1nnnn1-c1ccccc1. The van der Waals surface area contributed by atoms with Gasteiger partial charge >= 0.3 is 5.97 Å². The monoisotopic (exact) mass is 273 g/mol. The Hall–Kier alpha value is -2.54. The van der Waals surface area contributed by atoms with Gasteiger partial charge in [0.2, 0.25) is 0 Å². The number of rotatable bonds is 7. The Morgan fingerprint density at radius 2 is 2.15 bits per heavy atom. The first-order valence-corrected chi connectivity index (χ1v) is 6.08. The summed E-state index contributed by atoms with van der Waals surface area (Å²) < 4.78 is 1.60. The standard InChI is InChI=1S/C13H15N5O2/c1-2-8-17(10-13(19)20)9-12-14-15-16-18(12)11-6-4-3-5-7-11/h2-7H,1,8-10H2,(H,19,20). The van der Waals surface area contributed by atoms with E-state index in [1.54, 1.807) is 15.7 Å². The van der Waals surface area contributed by atoms with E-state index >= 15 is 0 Å². The van der Waals surface area contributed by atoms with Crippen molar-refractivity contribution in [3.8, 4) is 5.69 Å². The van der Waals surface area contributed by atoms with Gasteiger partial charge in [-0.25, -0.2) is 0 Å². The van der Waals surface area contributed by atoms with Gasteiger partial charge in [0.05, 0.1) is 18.8 Å². The molecule has 0 saturated heterocycles. The third kappa shape index (κ3) is 3.48. The number of hydrogen-bond acceptors (Lipinski definition) is 5. The van der Waals surface area contributed by atoms with Crippen molar-refractivity contribution in [3.05, 3.63) is 48.8 Å². The average Bonchev–Trinajstić information content (AvgIpc) is 2.87. The van der Waals surface area contributed by atoms with E-state index in [9.17, 15) is 4.79 Å². The summed E-state index contributed by atoms with van der Waals surface area (Å²) in [7, 11) is 0. The first kappa shape index (κ1) is 13.9. The summed E-state index contributed by atoms with van der Waals surface area (Å²) >= 11 is 0. The molecule has 0 radical (unpaired) electrons. The van der Waals surface area contributed by atoms with Gasteiger partial charge in [0.15, 0.2) is 5.82 Å². The van der Waals surface area contributed by atoms with E-state index < -0.39 is 5.97 Å². The van der Waals surface area contributed by atoms with Gasteiger partial charge in [0.25, 0.3) is 0 Å². The quantitative estimate of drug-likeness (QED) is 0.749. The predicted molar refractivity (Wildman–Crippen MR) is 72.3 cm³/mol. The molecule has 7 nitrogen and oxygen atoms in total. The Morgan fingerprint density at radius 3 is 2.80 bits per heavy atom. The number of carbonyl (C=O) groups is 1. The van der Waals surface area contributed by atoms with Crippen LogP contribution in [-0.4, -0.2) is 49.3 Å². The van der Waals surface area contributed by atoms with Crippen molar-refractivity contribution < 1.29 is 9.90 Å². The van der Waals surface area contributed by atoms with E-state index in [0.717, 1.165) is 5.69 Å². The highest BCUT2D eigenvalue weighted by molar-refractivity contribution is 5.69. The van der Waals surface area contributed by atoms with Crippen molar-refractivity contribution >= 4 is 5.97 Å². The summed E-state index contributed by atoms with van der Waals surface area (Å²) in [4.78, 5) is 12.5. The Morgan fingerprint density at radius 1 is 1.40 bits per heavy atom. The zero-order valence-electron chi connectivity index (χ0n) is 10.9. The molecule has 0 atom stereocenters. The largest absolute Gasteiger partial charge is 0.480 e. The van der Waals surface area contributed by atoms with Gasteiger partial charge in [-0.3, -0.25) is 9.69 Å². The zero-order valence-corrected chi connectivity index (χ0v) is 10.9. The van der Waals surface area contributed by atoms with Gasteiger partial charge in [-0.2, -0.15) is 4.68 Å². The van der Waals surface area contributed by atoms with Crippen LogP contribution in [0.3, 0.4) is 0 Å². The van der Waals surface area contributed by atoms with Crippen molar-refractivity contribution in [2.24, 2.45) is 0 Å². The molecule has 2 aromatic rings. The lowest BCUT2D eigenvalue weighted by atomic mass is 10.3. The fourth-order valence-electron chi connectivity index (χ4n) is 1.83. The third-order valence-electron chi connectivity index (χ3n) is 2.65. The van der Waals surface area contributed by atoms with Gasteiger partial charge in [-0.05, 0) is 22.6 Å². The minimum Gasteiger partial charge on any atom is -0.480 e. The van der Waals surface area contributed by atoms with Crippen LogP contribution < -0.4 is 0 Å². The average molecular weight is 273 g/mol. The maximum atomic E-state index is 10.8. The Kier molecular flexibility index (Phi) is 4.56. The van der Waals surface area contributed by atoms with E-state index in [4.69, 9.17) is 5.11 Å². The van der Waals surface area contributed by atoms with Crippen LogP contribution in [0.4, 0.5) is 0 Å². The van der Waals surface area contributed by atoms with Gasteiger partial charge in [-0.1, -0.05) is 24.3 Å². The van der Waals surface area contributed by atoms with Crippen molar-refractivity contribution in [1.82, 2.24) is 25.1 Å². The van der Waals surface area contributed by atoms with E-state index in [1.807, 2.05) is 30.3 Å². The number of nitrogens with zero attached hydrogens (tertiary/aromatic N) is 5. The topological polar surface area (TPSA) is 84.1 Å². The molecule has 0 aliphatic heterocycles. The lowest BCUT2D eigenvalue weighted by Crippen LogP contribution is -2.30. The molecule has 1 N–H and O–H groups in total. The lowest BCUT2D eigenvalue weighted by Gasteiger charge is -2.17. The summed E-state index contributed by atoms with van der Waals surface area (Å²) in [6.45, 7) is 4.32. The number of tetrazole rings is 1. The summed E-state index contributed by atoms with van der Waals surface area (Å²) in [6, 6.07) is 9.45. The molecule has 0 fully saturated rings. The molecular weight excluding hydrogens is 258 g/mol.